The summed E-state index contributed by atoms with van der Waals surface area (Å²) in [6.07, 6.45) is 3.69. The molecule has 3 rings (SSSR count). The van der Waals surface area contributed by atoms with Gasteiger partial charge in [0.25, 0.3) is 0 Å². The van der Waals surface area contributed by atoms with Gasteiger partial charge in [0.15, 0.2) is 0 Å². The van der Waals surface area contributed by atoms with Gasteiger partial charge in [0.05, 0.1) is 11.3 Å². The highest BCUT2D eigenvalue weighted by atomic mass is 32.2. The molecule has 6 heteroatoms. The van der Waals surface area contributed by atoms with Crippen LogP contribution in [0.1, 0.15) is 43.6 Å². The van der Waals surface area contributed by atoms with Crippen LogP contribution in [0.3, 0.4) is 0 Å². The zero-order chi connectivity index (χ0) is 25.8. The minimum atomic E-state index is -1.38. The van der Waals surface area contributed by atoms with Crippen LogP contribution in [0.5, 0.6) is 0 Å². The van der Waals surface area contributed by atoms with Gasteiger partial charge in [-0.05, 0) is 48.7 Å². The first-order valence-electron chi connectivity index (χ1n) is 11.8. The van der Waals surface area contributed by atoms with Crippen molar-refractivity contribution in [2.45, 2.75) is 45.0 Å². The molecule has 3 atom stereocenters. The molecule has 186 valence electrons. The summed E-state index contributed by atoms with van der Waals surface area (Å²) < 4.78 is 30.3. The number of benzene rings is 2. The van der Waals surface area contributed by atoms with Gasteiger partial charge < -0.3 is 4.90 Å². The smallest absolute Gasteiger partial charge is 0.126 e. The number of hydrogen-bond donors (Lipinski definition) is 1. The van der Waals surface area contributed by atoms with E-state index in [-0.39, 0.29) is 10.7 Å². The van der Waals surface area contributed by atoms with Crippen LogP contribution in [0.25, 0.3) is 11.1 Å². The number of rotatable bonds is 8. The van der Waals surface area contributed by atoms with E-state index in [1.807, 2.05) is 0 Å². The van der Waals surface area contributed by atoms with E-state index in [0.29, 0.717) is 17.8 Å². The van der Waals surface area contributed by atoms with Crippen molar-refractivity contribution in [1.82, 2.24) is 9.62 Å². The standard InChI is InChI=1S/C29H36FN3OS/c1-8-11-25(20(2)30)21(3)31-27-18-29(4,5)28(35(34)32-27)23-16-14-22(15-17-23)26-13-10-9-12-24(26)19-33(6)7/h8-17,21,28H,1-2,18-19H2,3-7H3,(H,31,32)/b25-11+/t21-,28?,35?/m0/s1. The Bertz CT molecular complexity index is 1160. The van der Waals surface area contributed by atoms with Crippen molar-refractivity contribution in [2.75, 3.05) is 14.1 Å². The Labute approximate surface area is 211 Å². The molecule has 0 amide bonds. The summed E-state index contributed by atoms with van der Waals surface area (Å²) in [6, 6.07) is 16.3. The van der Waals surface area contributed by atoms with Crippen molar-refractivity contribution in [3.8, 4) is 11.1 Å². The summed E-state index contributed by atoms with van der Waals surface area (Å²) in [5, 5.41) is -0.206. The SMILES string of the molecule is C=C/C=C(\C(=C)F)[C@H](C)N=C1CC(C)(C)C(c2ccc(-c3ccccc3CN(C)C)cc2)S(=O)N1. The van der Waals surface area contributed by atoms with Crippen LogP contribution in [0.15, 0.2) is 90.2 Å². The molecule has 35 heavy (non-hydrogen) atoms. The summed E-state index contributed by atoms with van der Waals surface area (Å²) in [4.78, 5) is 6.79. The number of hydrogen-bond acceptors (Lipinski definition) is 3. The summed E-state index contributed by atoms with van der Waals surface area (Å²) in [5.74, 6) is 0.0746. The molecule has 1 aliphatic rings. The quantitative estimate of drug-likeness (QED) is 0.425. The number of aliphatic imine (C=N–C) groups is 1. The number of halogens is 1. The first-order valence-corrected chi connectivity index (χ1v) is 13.0. The Morgan fingerprint density at radius 3 is 2.49 bits per heavy atom. The second kappa shape index (κ2) is 11.3. The van der Waals surface area contributed by atoms with Crippen LogP contribution < -0.4 is 4.72 Å². The summed E-state index contributed by atoms with van der Waals surface area (Å²) in [7, 11) is 2.75. The average Bonchev–Trinajstić information content (AvgIpc) is 2.76. The molecule has 1 N–H and O–H groups in total. The van der Waals surface area contributed by atoms with Crippen LogP contribution in [0.4, 0.5) is 4.39 Å². The molecular formula is C29H36FN3OS. The lowest BCUT2D eigenvalue weighted by molar-refractivity contribution is 0.354. The number of nitrogens with zero attached hydrogens (tertiary/aromatic N) is 2. The van der Waals surface area contributed by atoms with Gasteiger partial charge >= 0.3 is 0 Å². The Morgan fingerprint density at radius 1 is 1.26 bits per heavy atom. The lowest BCUT2D eigenvalue weighted by Crippen LogP contribution is -2.45. The van der Waals surface area contributed by atoms with Crippen molar-refractivity contribution >= 4 is 16.8 Å². The van der Waals surface area contributed by atoms with Gasteiger partial charge in [-0.1, -0.05) is 87.7 Å². The van der Waals surface area contributed by atoms with E-state index in [2.05, 4.69) is 104 Å². The second-order valence-electron chi connectivity index (χ2n) is 9.98. The van der Waals surface area contributed by atoms with Crippen LogP contribution >= 0.6 is 0 Å². The maximum Gasteiger partial charge on any atom is 0.126 e. The first-order chi connectivity index (χ1) is 16.5. The molecule has 2 unspecified atom stereocenters. The minimum absolute atomic E-state index is 0.206. The zero-order valence-corrected chi connectivity index (χ0v) is 22.2. The zero-order valence-electron chi connectivity index (χ0n) is 21.3. The van der Waals surface area contributed by atoms with Crippen LogP contribution in [-0.2, 0) is 17.5 Å². The molecule has 2 aromatic carbocycles. The second-order valence-corrected chi connectivity index (χ2v) is 11.2. The highest BCUT2D eigenvalue weighted by molar-refractivity contribution is 7.84. The largest absolute Gasteiger partial charge is 0.305 e. The molecule has 1 fully saturated rings. The van der Waals surface area contributed by atoms with Crippen molar-refractivity contribution in [3.63, 3.8) is 0 Å². The summed E-state index contributed by atoms with van der Waals surface area (Å²) in [6.45, 7) is 13.9. The molecule has 0 aromatic heterocycles. The molecule has 1 aliphatic heterocycles. The third kappa shape index (κ3) is 6.44. The highest BCUT2D eigenvalue weighted by Crippen LogP contribution is 2.44. The molecule has 4 nitrogen and oxygen atoms in total. The fourth-order valence-corrected chi connectivity index (χ4v) is 6.22. The van der Waals surface area contributed by atoms with Gasteiger partial charge in [0, 0.05) is 18.5 Å². The van der Waals surface area contributed by atoms with E-state index in [9.17, 15) is 8.60 Å². The molecule has 0 saturated carbocycles. The summed E-state index contributed by atoms with van der Waals surface area (Å²) in [5.41, 5.74) is 4.69. The van der Waals surface area contributed by atoms with E-state index in [1.54, 1.807) is 13.0 Å². The maximum absolute atomic E-state index is 13.8. The minimum Gasteiger partial charge on any atom is -0.305 e. The third-order valence-electron chi connectivity index (χ3n) is 6.20. The van der Waals surface area contributed by atoms with E-state index < -0.39 is 22.9 Å². The van der Waals surface area contributed by atoms with Gasteiger partial charge in [-0.3, -0.25) is 9.71 Å². The molecule has 0 radical (unpaired) electrons. The van der Waals surface area contributed by atoms with E-state index >= 15 is 0 Å². The van der Waals surface area contributed by atoms with Gasteiger partial charge in [-0.25, -0.2) is 8.60 Å². The molecule has 1 heterocycles. The normalized spacial score (nSPS) is 22.0. The third-order valence-corrected chi connectivity index (χ3v) is 7.98. The van der Waals surface area contributed by atoms with Crippen molar-refractivity contribution in [3.05, 3.63) is 96.4 Å². The van der Waals surface area contributed by atoms with Gasteiger partial charge in [-0.15, -0.1) is 0 Å². The van der Waals surface area contributed by atoms with Crippen LogP contribution in [0, 0.1) is 5.41 Å². The fraction of sp³-hybridized carbons (Fsp3) is 0.345. The number of nitrogens with one attached hydrogen (secondary N) is 1. The topological polar surface area (TPSA) is 44.7 Å². The molecule has 1 saturated heterocycles. The molecule has 0 spiro atoms. The van der Waals surface area contributed by atoms with Gasteiger partial charge in [0.1, 0.15) is 22.6 Å². The highest BCUT2D eigenvalue weighted by Gasteiger charge is 2.41. The van der Waals surface area contributed by atoms with Gasteiger partial charge in [-0.2, -0.15) is 0 Å². The Morgan fingerprint density at radius 2 is 1.91 bits per heavy atom. The van der Waals surface area contributed by atoms with E-state index in [1.165, 1.54) is 17.2 Å². The molecular weight excluding hydrogens is 457 g/mol. The Hall–Kier alpha value is -2.83. The van der Waals surface area contributed by atoms with E-state index in [0.717, 1.165) is 17.7 Å². The van der Waals surface area contributed by atoms with Crippen LogP contribution in [0.2, 0.25) is 0 Å². The molecule has 2 aromatic rings. The lowest BCUT2D eigenvalue weighted by Gasteiger charge is -2.39. The Balaban J connectivity index is 1.85. The number of allylic oxidation sites excluding steroid dienone is 2. The Kier molecular flexibility index (Phi) is 8.62. The fourth-order valence-electron chi connectivity index (χ4n) is 4.68. The lowest BCUT2D eigenvalue weighted by atomic mass is 9.81. The number of amidine groups is 1. The predicted octanol–water partition coefficient (Wildman–Crippen LogP) is 6.52. The average molecular weight is 494 g/mol. The van der Waals surface area contributed by atoms with Crippen molar-refractivity contribution < 1.29 is 8.60 Å². The maximum atomic E-state index is 13.8. The van der Waals surface area contributed by atoms with Crippen LogP contribution in [-0.4, -0.2) is 35.1 Å². The first kappa shape index (κ1) is 26.8. The summed E-state index contributed by atoms with van der Waals surface area (Å²) >= 11 is 0. The van der Waals surface area contributed by atoms with Crippen molar-refractivity contribution in [1.29, 1.82) is 0 Å². The molecule has 0 bridgehead atoms. The monoisotopic (exact) mass is 493 g/mol. The predicted molar refractivity (Wildman–Crippen MR) is 147 cm³/mol. The van der Waals surface area contributed by atoms with E-state index in [4.69, 9.17) is 0 Å². The van der Waals surface area contributed by atoms with Crippen molar-refractivity contribution in [2.24, 2.45) is 10.4 Å². The van der Waals surface area contributed by atoms with Gasteiger partial charge in [0.2, 0.25) is 0 Å². The molecule has 0 aliphatic carbocycles.